The van der Waals surface area contributed by atoms with Crippen LogP contribution >= 0.6 is 11.6 Å². The lowest BCUT2D eigenvalue weighted by molar-refractivity contribution is 0.156. The summed E-state index contributed by atoms with van der Waals surface area (Å²) in [5.74, 6) is 0. The molecule has 0 aliphatic carbocycles. The molecular formula is C13H20ClNO. The van der Waals surface area contributed by atoms with Crippen LogP contribution in [-0.4, -0.2) is 18.3 Å². The third kappa shape index (κ3) is 2.97. The minimum atomic E-state index is -0.333. The Balaban J connectivity index is 2.95. The van der Waals surface area contributed by atoms with Crippen LogP contribution in [-0.2, 0) is 5.54 Å². The summed E-state index contributed by atoms with van der Waals surface area (Å²) in [5.41, 5.74) is 0.760. The first-order chi connectivity index (χ1) is 7.68. The maximum Gasteiger partial charge on any atom is 0.0666 e. The van der Waals surface area contributed by atoms with Gasteiger partial charge in [0.1, 0.15) is 0 Å². The fourth-order valence-corrected chi connectivity index (χ4v) is 1.95. The Hall–Kier alpha value is -0.570. The summed E-state index contributed by atoms with van der Waals surface area (Å²) in [6.45, 7) is 5.20. The number of rotatable bonds is 6. The number of halogens is 1. The van der Waals surface area contributed by atoms with E-state index in [2.05, 4.69) is 19.2 Å². The SMILES string of the molecule is CCCNC(CC)(CO)c1ccc(Cl)cc1. The van der Waals surface area contributed by atoms with Gasteiger partial charge in [-0.2, -0.15) is 0 Å². The molecule has 1 aromatic rings. The molecule has 0 bridgehead atoms. The van der Waals surface area contributed by atoms with Crippen LogP contribution in [0.15, 0.2) is 24.3 Å². The Morgan fingerprint density at radius 3 is 2.31 bits per heavy atom. The summed E-state index contributed by atoms with van der Waals surface area (Å²) in [7, 11) is 0. The Kier molecular flexibility index (Phi) is 5.26. The van der Waals surface area contributed by atoms with Gasteiger partial charge in [0.25, 0.3) is 0 Å². The average molecular weight is 242 g/mol. The lowest BCUT2D eigenvalue weighted by Crippen LogP contribution is -2.45. The Bertz CT molecular complexity index is 306. The van der Waals surface area contributed by atoms with Crippen molar-refractivity contribution in [3.05, 3.63) is 34.9 Å². The molecule has 0 aliphatic heterocycles. The van der Waals surface area contributed by atoms with E-state index in [-0.39, 0.29) is 12.1 Å². The molecule has 0 aromatic heterocycles. The normalized spacial score (nSPS) is 14.8. The predicted molar refractivity (Wildman–Crippen MR) is 68.8 cm³/mol. The lowest BCUT2D eigenvalue weighted by atomic mass is 9.88. The number of aliphatic hydroxyl groups excluding tert-OH is 1. The monoisotopic (exact) mass is 241 g/mol. The zero-order valence-electron chi connectivity index (χ0n) is 9.96. The first-order valence-corrected chi connectivity index (χ1v) is 6.18. The van der Waals surface area contributed by atoms with E-state index >= 15 is 0 Å². The minimum absolute atomic E-state index is 0.102. The first kappa shape index (κ1) is 13.5. The summed E-state index contributed by atoms with van der Waals surface area (Å²) >= 11 is 5.87. The Morgan fingerprint density at radius 1 is 1.25 bits per heavy atom. The van der Waals surface area contributed by atoms with E-state index in [0.29, 0.717) is 0 Å². The first-order valence-electron chi connectivity index (χ1n) is 5.80. The van der Waals surface area contributed by atoms with Crippen LogP contribution in [0.25, 0.3) is 0 Å². The summed E-state index contributed by atoms with van der Waals surface area (Å²) in [6, 6.07) is 7.69. The molecule has 0 fully saturated rings. The van der Waals surface area contributed by atoms with Crippen LogP contribution in [0.1, 0.15) is 32.3 Å². The van der Waals surface area contributed by atoms with Crippen molar-refractivity contribution in [1.82, 2.24) is 5.32 Å². The fraction of sp³-hybridized carbons (Fsp3) is 0.538. The second-order valence-corrected chi connectivity index (χ2v) is 4.46. The zero-order chi connectivity index (χ0) is 12.0. The van der Waals surface area contributed by atoms with Gasteiger partial charge in [-0.1, -0.05) is 37.6 Å². The highest BCUT2D eigenvalue weighted by Gasteiger charge is 2.28. The van der Waals surface area contributed by atoms with Crippen LogP contribution in [0.4, 0.5) is 0 Å². The molecule has 1 rings (SSSR count). The van der Waals surface area contributed by atoms with Gasteiger partial charge >= 0.3 is 0 Å². The molecule has 1 atom stereocenters. The number of hydrogen-bond acceptors (Lipinski definition) is 2. The van der Waals surface area contributed by atoms with Gasteiger partial charge in [-0.05, 0) is 37.1 Å². The molecule has 0 heterocycles. The molecule has 0 spiro atoms. The van der Waals surface area contributed by atoms with Gasteiger partial charge in [0.05, 0.1) is 12.1 Å². The summed E-state index contributed by atoms with van der Waals surface area (Å²) in [5, 5.41) is 13.8. The number of nitrogens with one attached hydrogen (secondary N) is 1. The van der Waals surface area contributed by atoms with E-state index in [1.54, 1.807) is 0 Å². The number of hydrogen-bond donors (Lipinski definition) is 2. The third-order valence-corrected chi connectivity index (χ3v) is 3.24. The molecule has 90 valence electrons. The van der Waals surface area contributed by atoms with Crippen molar-refractivity contribution in [1.29, 1.82) is 0 Å². The van der Waals surface area contributed by atoms with Gasteiger partial charge in [-0.15, -0.1) is 0 Å². The van der Waals surface area contributed by atoms with Gasteiger partial charge in [0, 0.05) is 5.02 Å². The van der Waals surface area contributed by atoms with E-state index in [4.69, 9.17) is 11.6 Å². The van der Waals surface area contributed by atoms with E-state index in [1.807, 2.05) is 24.3 Å². The number of aliphatic hydroxyl groups is 1. The van der Waals surface area contributed by atoms with Crippen molar-refractivity contribution >= 4 is 11.6 Å². The molecule has 2 N–H and O–H groups in total. The maximum absolute atomic E-state index is 9.63. The van der Waals surface area contributed by atoms with E-state index in [9.17, 15) is 5.11 Å². The topological polar surface area (TPSA) is 32.3 Å². The van der Waals surface area contributed by atoms with Gasteiger partial charge in [0.15, 0.2) is 0 Å². The smallest absolute Gasteiger partial charge is 0.0666 e. The van der Waals surface area contributed by atoms with Gasteiger partial charge in [-0.25, -0.2) is 0 Å². The standard InChI is InChI=1S/C13H20ClNO/c1-3-9-15-13(4-2,10-16)11-5-7-12(14)8-6-11/h5-8,15-16H,3-4,9-10H2,1-2H3. The Morgan fingerprint density at radius 2 is 1.88 bits per heavy atom. The molecule has 0 aliphatic rings. The largest absolute Gasteiger partial charge is 0.394 e. The molecule has 16 heavy (non-hydrogen) atoms. The van der Waals surface area contributed by atoms with Crippen molar-refractivity contribution in [3.63, 3.8) is 0 Å². The van der Waals surface area contributed by atoms with Crippen molar-refractivity contribution < 1.29 is 5.11 Å². The molecule has 0 saturated carbocycles. The minimum Gasteiger partial charge on any atom is -0.394 e. The molecule has 2 nitrogen and oxygen atoms in total. The Labute approximate surface area is 103 Å². The van der Waals surface area contributed by atoms with Crippen molar-refractivity contribution in [2.75, 3.05) is 13.2 Å². The molecule has 1 unspecified atom stereocenters. The van der Waals surface area contributed by atoms with E-state index in [1.165, 1.54) is 0 Å². The second-order valence-electron chi connectivity index (χ2n) is 4.03. The summed E-state index contributed by atoms with van der Waals surface area (Å²) < 4.78 is 0. The van der Waals surface area contributed by atoms with E-state index < -0.39 is 0 Å². The van der Waals surface area contributed by atoms with Gasteiger partial charge in [-0.3, -0.25) is 0 Å². The van der Waals surface area contributed by atoms with Crippen LogP contribution < -0.4 is 5.32 Å². The van der Waals surface area contributed by atoms with Gasteiger partial charge < -0.3 is 10.4 Å². The van der Waals surface area contributed by atoms with Crippen molar-refractivity contribution in [3.8, 4) is 0 Å². The molecule has 0 amide bonds. The van der Waals surface area contributed by atoms with Crippen LogP contribution in [0.5, 0.6) is 0 Å². The average Bonchev–Trinajstić information content (AvgIpc) is 2.33. The predicted octanol–water partition coefficient (Wildman–Crippen LogP) is 2.94. The summed E-state index contributed by atoms with van der Waals surface area (Å²) in [6.07, 6.45) is 1.90. The van der Waals surface area contributed by atoms with Crippen LogP contribution in [0.3, 0.4) is 0 Å². The third-order valence-electron chi connectivity index (χ3n) is 2.98. The van der Waals surface area contributed by atoms with Crippen molar-refractivity contribution in [2.24, 2.45) is 0 Å². The molecule has 3 heteroatoms. The fourth-order valence-electron chi connectivity index (χ4n) is 1.82. The van der Waals surface area contributed by atoms with Gasteiger partial charge in [0.2, 0.25) is 0 Å². The second kappa shape index (κ2) is 6.24. The molecule has 0 saturated heterocycles. The van der Waals surface area contributed by atoms with Crippen molar-refractivity contribution in [2.45, 2.75) is 32.2 Å². The molecule has 0 radical (unpaired) electrons. The highest BCUT2D eigenvalue weighted by atomic mass is 35.5. The lowest BCUT2D eigenvalue weighted by Gasteiger charge is -2.32. The molecule has 1 aromatic carbocycles. The highest BCUT2D eigenvalue weighted by Crippen LogP contribution is 2.25. The maximum atomic E-state index is 9.63. The quantitative estimate of drug-likeness (QED) is 0.803. The number of benzene rings is 1. The van der Waals surface area contributed by atoms with Crippen LogP contribution in [0, 0.1) is 0 Å². The highest BCUT2D eigenvalue weighted by molar-refractivity contribution is 6.30. The van der Waals surface area contributed by atoms with E-state index in [0.717, 1.165) is 30.0 Å². The molecular weight excluding hydrogens is 222 g/mol. The zero-order valence-corrected chi connectivity index (χ0v) is 10.7. The van der Waals surface area contributed by atoms with Crippen LogP contribution in [0.2, 0.25) is 5.02 Å². The summed E-state index contributed by atoms with van der Waals surface area (Å²) in [4.78, 5) is 0.